The second kappa shape index (κ2) is 22.0. The molecule has 0 spiro atoms. The number of allylic oxidation sites excluding steroid dienone is 2. The molecule has 1 aliphatic rings. The Morgan fingerprint density at radius 1 is 0.621 bits per heavy atom. The quantitative estimate of drug-likeness (QED) is 0.0325. The maximum Gasteiger partial charge on any atom is 0.273 e. The van der Waals surface area contributed by atoms with E-state index < -0.39 is 0 Å². The molecule has 4 aromatic carbocycles. The van der Waals surface area contributed by atoms with Crippen LogP contribution in [-0.2, 0) is 16.3 Å². The molecule has 0 aromatic heterocycles. The minimum atomic E-state index is -0.347. The maximum atomic E-state index is 14.0. The van der Waals surface area contributed by atoms with E-state index in [1.165, 1.54) is 12.1 Å². The van der Waals surface area contributed by atoms with Gasteiger partial charge in [0.25, 0.3) is 11.4 Å². The van der Waals surface area contributed by atoms with Gasteiger partial charge in [0.2, 0.25) is 0 Å². The lowest BCUT2D eigenvalue weighted by atomic mass is 10.0. The highest BCUT2D eigenvalue weighted by atomic mass is 32.2. The first-order valence-electron chi connectivity index (χ1n) is 19.8. The monoisotopic (exact) mass is 824 g/mol. The van der Waals surface area contributed by atoms with Gasteiger partial charge in [-0.3, -0.25) is 25.0 Å². The number of nitro groups is 2. The van der Waals surface area contributed by atoms with Crippen LogP contribution in [0.5, 0.6) is 11.5 Å². The lowest BCUT2D eigenvalue weighted by Gasteiger charge is -2.22. The molecule has 0 aliphatic heterocycles. The second-order valence-corrected chi connectivity index (χ2v) is 15.7. The van der Waals surface area contributed by atoms with Crippen molar-refractivity contribution in [3.05, 3.63) is 139 Å². The summed E-state index contributed by atoms with van der Waals surface area (Å²) in [6.07, 6.45) is 5.09. The number of ketones is 1. The Hall–Kier alpha value is -5.27. The van der Waals surface area contributed by atoms with Crippen LogP contribution in [0.15, 0.2) is 96.1 Å². The van der Waals surface area contributed by atoms with Crippen molar-refractivity contribution in [2.45, 2.75) is 52.0 Å². The molecule has 11 nitrogen and oxygen atoms in total. The number of carbonyl (C=O) groups excluding carboxylic acids is 1. The second-order valence-electron chi connectivity index (χ2n) is 13.5. The van der Waals surface area contributed by atoms with Crippen molar-refractivity contribution < 1.29 is 24.1 Å². The molecule has 0 bridgehead atoms. The van der Waals surface area contributed by atoms with Gasteiger partial charge >= 0.3 is 0 Å². The third-order valence-corrected chi connectivity index (χ3v) is 12.0. The summed E-state index contributed by atoms with van der Waals surface area (Å²) in [5.41, 5.74) is 6.77. The standard InChI is InChI=1S/C45H52N4O7S2/c1-5-46(6-2)39-21-19-33(43(29-39)55-23-25-57-31-37-13-9-11-15-41(37)48(51)52)27-35-17-18-36(45(35)50)28-34-20-22-40(47(7-3)8-4)30-44(34)56-24-26-58-32-38-14-10-12-16-42(38)49(53)54/h9-16,19-22,27-30H,5-8,17-18,23-26,31-32H2,1-4H3. The largest absolute Gasteiger partial charge is 0.492 e. The van der Waals surface area contributed by atoms with Crippen LogP contribution in [0.4, 0.5) is 22.7 Å². The van der Waals surface area contributed by atoms with E-state index in [9.17, 15) is 25.0 Å². The predicted octanol–water partition coefficient (Wildman–Crippen LogP) is 10.6. The number of ether oxygens (including phenoxy) is 2. The summed E-state index contributed by atoms with van der Waals surface area (Å²) in [7, 11) is 0. The van der Waals surface area contributed by atoms with E-state index in [2.05, 4.69) is 49.6 Å². The summed E-state index contributed by atoms with van der Waals surface area (Å²) < 4.78 is 12.7. The zero-order chi connectivity index (χ0) is 41.4. The number of rotatable bonds is 22. The van der Waals surface area contributed by atoms with Gasteiger partial charge in [-0.1, -0.05) is 36.4 Å². The average Bonchev–Trinajstić information content (AvgIpc) is 3.57. The fourth-order valence-corrected chi connectivity index (χ4v) is 8.49. The number of para-hydroxylation sites is 2. The summed E-state index contributed by atoms with van der Waals surface area (Å²) in [5, 5.41) is 22.9. The minimum absolute atomic E-state index is 0.00226. The molecule has 1 aliphatic carbocycles. The zero-order valence-electron chi connectivity index (χ0n) is 33.7. The number of Topliss-reactive ketones (excluding diaryl/α,β-unsaturated/α-hetero) is 1. The van der Waals surface area contributed by atoms with Gasteiger partial charge in [-0.15, -0.1) is 0 Å². The Labute approximate surface area is 349 Å². The van der Waals surface area contributed by atoms with Crippen LogP contribution in [0.3, 0.4) is 0 Å². The number of nitro benzene ring substituents is 2. The summed E-state index contributed by atoms with van der Waals surface area (Å²) in [4.78, 5) is 40.6. The van der Waals surface area contributed by atoms with Crippen molar-refractivity contribution in [1.82, 2.24) is 0 Å². The van der Waals surface area contributed by atoms with E-state index in [1.807, 2.05) is 48.6 Å². The zero-order valence-corrected chi connectivity index (χ0v) is 35.3. The van der Waals surface area contributed by atoms with Gasteiger partial charge in [-0.05, 0) is 77.0 Å². The normalized spacial score (nSPS) is 13.9. The first-order chi connectivity index (χ1) is 28.2. The van der Waals surface area contributed by atoms with Crippen LogP contribution in [0.25, 0.3) is 12.2 Å². The van der Waals surface area contributed by atoms with Crippen LogP contribution in [-0.4, -0.2) is 66.5 Å². The number of anilines is 2. The molecule has 306 valence electrons. The highest BCUT2D eigenvalue weighted by molar-refractivity contribution is 7.98. The number of hydrogen-bond donors (Lipinski definition) is 0. The van der Waals surface area contributed by atoms with E-state index in [4.69, 9.17) is 9.47 Å². The third kappa shape index (κ3) is 11.7. The van der Waals surface area contributed by atoms with Gasteiger partial charge in [-0.25, -0.2) is 0 Å². The van der Waals surface area contributed by atoms with Gasteiger partial charge < -0.3 is 19.3 Å². The van der Waals surface area contributed by atoms with Crippen LogP contribution >= 0.6 is 23.5 Å². The van der Waals surface area contributed by atoms with Crippen molar-refractivity contribution in [1.29, 1.82) is 0 Å². The molecule has 0 unspecified atom stereocenters. The highest BCUT2D eigenvalue weighted by Gasteiger charge is 2.25. The highest BCUT2D eigenvalue weighted by Crippen LogP contribution is 2.36. The molecule has 1 saturated carbocycles. The smallest absolute Gasteiger partial charge is 0.273 e. The first-order valence-corrected chi connectivity index (χ1v) is 22.1. The molecule has 0 heterocycles. The minimum Gasteiger partial charge on any atom is -0.492 e. The van der Waals surface area contributed by atoms with Crippen LogP contribution in [0.1, 0.15) is 62.8 Å². The third-order valence-electron chi connectivity index (χ3n) is 10.0. The summed E-state index contributed by atoms with van der Waals surface area (Å²) >= 11 is 3.15. The Balaban J connectivity index is 1.30. The summed E-state index contributed by atoms with van der Waals surface area (Å²) in [6.45, 7) is 12.6. The Morgan fingerprint density at radius 3 is 1.40 bits per heavy atom. The number of nitrogens with zero attached hydrogens (tertiary/aromatic N) is 4. The summed E-state index contributed by atoms with van der Waals surface area (Å²) in [6, 6.07) is 25.8. The van der Waals surface area contributed by atoms with Crippen molar-refractivity contribution in [3.63, 3.8) is 0 Å². The predicted molar refractivity (Wildman–Crippen MR) is 240 cm³/mol. The molecular weight excluding hydrogens is 773 g/mol. The molecular formula is C45H52N4O7S2. The molecule has 1 fully saturated rings. The van der Waals surface area contributed by atoms with Crippen molar-refractivity contribution >= 4 is 64.2 Å². The topological polar surface area (TPSA) is 128 Å². The number of thioether (sulfide) groups is 2. The molecule has 0 amide bonds. The number of carbonyl (C=O) groups is 1. The molecule has 58 heavy (non-hydrogen) atoms. The Morgan fingerprint density at radius 2 is 1.02 bits per heavy atom. The lowest BCUT2D eigenvalue weighted by Crippen LogP contribution is -2.21. The SMILES string of the molecule is CCN(CC)c1ccc(C=C2CCC(=Cc3ccc(N(CC)CC)cc3OCCSCc3ccccc3[N+](=O)[O-])C2=O)c(OCCSCc2ccccc2[N+](=O)[O-])c1. The van der Waals surface area contributed by atoms with Gasteiger partial charge in [0, 0.05) is 118 Å². The molecule has 4 aromatic rings. The average molecular weight is 825 g/mol. The fourth-order valence-electron chi connectivity index (χ4n) is 6.87. The van der Waals surface area contributed by atoms with E-state index in [0.29, 0.717) is 82.8 Å². The van der Waals surface area contributed by atoms with E-state index in [-0.39, 0.29) is 27.0 Å². The van der Waals surface area contributed by atoms with Gasteiger partial charge in [-0.2, -0.15) is 23.5 Å². The van der Waals surface area contributed by atoms with E-state index >= 15 is 0 Å². The molecule has 0 radical (unpaired) electrons. The van der Waals surface area contributed by atoms with Crippen LogP contribution < -0.4 is 19.3 Å². The Bertz CT molecular complexity index is 1970. The molecule has 5 rings (SSSR count). The number of hydrogen-bond acceptors (Lipinski definition) is 11. The molecule has 0 atom stereocenters. The van der Waals surface area contributed by atoms with Crippen molar-refractivity contribution in [2.24, 2.45) is 0 Å². The van der Waals surface area contributed by atoms with Gasteiger partial charge in [0.05, 0.1) is 23.1 Å². The summed E-state index contributed by atoms with van der Waals surface area (Å²) in [5.74, 6) is 3.66. The first kappa shape index (κ1) is 43.8. The lowest BCUT2D eigenvalue weighted by molar-refractivity contribution is -0.385. The van der Waals surface area contributed by atoms with Crippen molar-refractivity contribution in [3.8, 4) is 11.5 Å². The molecule has 13 heteroatoms. The van der Waals surface area contributed by atoms with Gasteiger partial charge in [0.1, 0.15) is 11.5 Å². The maximum absolute atomic E-state index is 14.0. The molecule has 0 saturated heterocycles. The van der Waals surface area contributed by atoms with E-state index in [0.717, 1.165) is 48.7 Å². The van der Waals surface area contributed by atoms with Crippen molar-refractivity contribution in [2.75, 3.05) is 60.7 Å². The fraction of sp³-hybridized carbons (Fsp3) is 0.356. The number of benzene rings is 4. The van der Waals surface area contributed by atoms with E-state index in [1.54, 1.807) is 47.8 Å². The van der Waals surface area contributed by atoms with Gasteiger partial charge in [0.15, 0.2) is 5.78 Å². The van der Waals surface area contributed by atoms with Crippen LogP contribution in [0, 0.1) is 20.2 Å². The Kier molecular flexibility index (Phi) is 16.7. The van der Waals surface area contributed by atoms with Crippen LogP contribution in [0.2, 0.25) is 0 Å². The molecule has 0 N–H and O–H groups in total.